The molecule has 3 heteroatoms. The van der Waals surface area contributed by atoms with E-state index in [9.17, 15) is 4.39 Å². The molecule has 0 fully saturated rings. The van der Waals surface area contributed by atoms with Gasteiger partial charge in [0.25, 0.3) is 0 Å². The van der Waals surface area contributed by atoms with Crippen molar-refractivity contribution in [2.24, 2.45) is 0 Å². The number of nitrogens with two attached hydrogens (primary N) is 1. The molecular weight excluding hydrogens is 157 g/mol. The third kappa shape index (κ3) is 1.49. The van der Waals surface area contributed by atoms with Crippen molar-refractivity contribution in [2.75, 3.05) is 12.8 Å². The third-order valence-electron chi connectivity index (χ3n) is 1.78. The van der Waals surface area contributed by atoms with Gasteiger partial charge >= 0.3 is 0 Å². The summed E-state index contributed by atoms with van der Waals surface area (Å²) in [5.41, 5.74) is 6.49. The molecule has 0 heterocycles. The Labute approximate surface area is 71.1 Å². The highest BCUT2D eigenvalue weighted by Crippen LogP contribution is 2.24. The van der Waals surface area contributed by atoms with Crippen LogP contribution in [0.15, 0.2) is 12.1 Å². The van der Waals surface area contributed by atoms with Gasteiger partial charge in [0.05, 0.1) is 12.8 Å². The van der Waals surface area contributed by atoms with Crippen molar-refractivity contribution in [3.63, 3.8) is 0 Å². The lowest BCUT2D eigenvalue weighted by Gasteiger charge is -2.07. The molecule has 0 atom stereocenters. The molecule has 0 amide bonds. The number of rotatable bonds is 2. The van der Waals surface area contributed by atoms with E-state index >= 15 is 0 Å². The fraction of sp³-hybridized carbons (Fsp3) is 0.333. The van der Waals surface area contributed by atoms with E-state index in [0.717, 1.165) is 12.0 Å². The lowest BCUT2D eigenvalue weighted by molar-refractivity contribution is 0.407. The summed E-state index contributed by atoms with van der Waals surface area (Å²) in [6.07, 6.45) is 0.785. The molecule has 2 N–H and O–H groups in total. The van der Waals surface area contributed by atoms with E-state index in [0.29, 0.717) is 5.75 Å². The van der Waals surface area contributed by atoms with E-state index < -0.39 is 5.82 Å². The number of methoxy groups -OCH3 is 1. The van der Waals surface area contributed by atoms with E-state index in [-0.39, 0.29) is 5.69 Å². The topological polar surface area (TPSA) is 35.2 Å². The fourth-order valence-corrected chi connectivity index (χ4v) is 1.09. The maximum Gasteiger partial charge on any atom is 0.149 e. The molecule has 0 spiro atoms. The summed E-state index contributed by atoms with van der Waals surface area (Å²) in [6.45, 7) is 1.97. The van der Waals surface area contributed by atoms with Crippen molar-refractivity contribution in [3.05, 3.63) is 23.5 Å². The van der Waals surface area contributed by atoms with Gasteiger partial charge < -0.3 is 10.5 Å². The van der Waals surface area contributed by atoms with Crippen molar-refractivity contribution < 1.29 is 9.13 Å². The normalized spacial score (nSPS) is 9.92. The van der Waals surface area contributed by atoms with Crippen LogP contribution in [0.1, 0.15) is 12.5 Å². The lowest BCUT2D eigenvalue weighted by Crippen LogP contribution is -1.96. The van der Waals surface area contributed by atoms with Crippen LogP contribution in [-0.2, 0) is 6.42 Å². The Balaban J connectivity index is 3.19. The first-order valence-electron chi connectivity index (χ1n) is 3.81. The number of anilines is 1. The van der Waals surface area contributed by atoms with Crippen molar-refractivity contribution in [2.45, 2.75) is 13.3 Å². The number of halogens is 1. The first-order valence-corrected chi connectivity index (χ1v) is 3.81. The zero-order valence-corrected chi connectivity index (χ0v) is 7.23. The highest BCUT2D eigenvalue weighted by atomic mass is 19.1. The Kier molecular flexibility index (Phi) is 2.53. The molecule has 0 unspecified atom stereocenters. The molecule has 0 radical (unpaired) electrons. The van der Waals surface area contributed by atoms with E-state index in [1.165, 1.54) is 13.2 Å². The highest BCUT2D eigenvalue weighted by Gasteiger charge is 2.05. The third-order valence-corrected chi connectivity index (χ3v) is 1.78. The van der Waals surface area contributed by atoms with Gasteiger partial charge in [0.15, 0.2) is 0 Å². The molecule has 0 saturated carbocycles. The van der Waals surface area contributed by atoms with Gasteiger partial charge in [-0.15, -0.1) is 0 Å². The molecule has 0 aliphatic carbocycles. The van der Waals surface area contributed by atoms with E-state index in [1.54, 1.807) is 6.07 Å². The van der Waals surface area contributed by atoms with E-state index in [1.807, 2.05) is 6.92 Å². The number of hydrogen-bond acceptors (Lipinski definition) is 2. The Hall–Kier alpha value is -1.25. The average molecular weight is 169 g/mol. The lowest BCUT2D eigenvalue weighted by atomic mass is 10.1. The Morgan fingerprint density at radius 2 is 2.17 bits per heavy atom. The van der Waals surface area contributed by atoms with Crippen LogP contribution in [0.2, 0.25) is 0 Å². The van der Waals surface area contributed by atoms with E-state index in [4.69, 9.17) is 10.5 Å². The fourth-order valence-electron chi connectivity index (χ4n) is 1.09. The van der Waals surface area contributed by atoms with Crippen LogP contribution in [0, 0.1) is 5.82 Å². The summed E-state index contributed by atoms with van der Waals surface area (Å²) in [5, 5.41) is 0. The number of aryl methyl sites for hydroxylation is 1. The van der Waals surface area contributed by atoms with Crippen LogP contribution in [0.3, 0.4) is 0 Å². The predicted octanol–water partition coefficient (Wildman–Crippen LogP) is 1.98. The second kappa shape index (κ2) is 3.43. The second-order valence-electron chi connectivity index (χ2n) is 2.54. The molecule has 0 aliphatic heterocycles. The molecule has 1 rings (SSSR count). The van der Waals surface area contributed by atoms with Crippen LogP contribution < -0.4 is 10.5 Å². The quantitative estimate of drug-likeness (QED) is 0.687. The van der Waals surface area contributed by atoms with Gasteiger partial charge in [-0.1, -0.05) is 6.92 Å². The van der Waals surface area contributed by atoms with Crippen LogP contribution in [0.25, 0.3) is 0 Å². The average Bonchev–Trinajstić information content (AvgIpc) is 2.09. The minimum atomic E-state index is -0.427. The Morgan fingerprint density at radius 1 is 1.50 bits per heavy atom. The summed E-state index contributed by atoms with van der Waals surface area (Å²) < 4.78 is 17.9. The molecular formula is C9H12FNO. The van der Waals surface area contributed by atoms with Gasteiger partial charge in [0, 0.05) is 6.07 Å². The molecule has 0 saturated heterocycles. The van der Waals surface area contributed by atoms with Gasteiger partial charge in [-0.2, -0.15) is 0 Å². The summed E-state index contributed by atoms with van der Waals surface area (Å²) in [7, 11) is 1.52. The number of hydrogen-bond donors (Lipinski definition) is 1. The second-order valence-corrected chi connectivity index (χ2v) is 2.54. The van der Waals surface area contributed by atoms with Crippen LogP contribution >= 0.6 is 0 Å². The highest BCUT2D eigenvalue weighted by molar-refractivity contribution is 5.49. The molecule has 66 valence electrons. The van der Waals surface area contributed by atoms with Gasteiger partial charge in [-0.3, -0.25) is 0 Å². The largest absolute Gasteiger partial charge is 0.496 e. The van der Waals surface area contributed by atoms with Crippen molar-refractivity contribution in [1.29, 1.82) is 0 Å². The summed E-state index contributed by atoms with van der Waals surface area (Å²) in [6, 6.07) is 2.92. The number of ether oxygens (including phenoxy) is 1. The number of benzene rings is 1. The summed E-state index contributed by atoms with van der Waals surface area (Å²) in [4.78, 5) is 0. The minimum absolute atomic E-state index is 0.174. The SMILES string of the molecule is CCc1cc(N)c(F)cc1OC. The Morgan fingerprint density at radius 3 is 2.67 bits per heavy atom. The van der Waals surface area contributed by atoms with Crippen LogP contribution in [-0.4, -0.2) is 7.11 Å². The van der Waals surface area contributed by atoms with Gasteiger partial charge in [0.2, 0.25) is 0 Å². The predicted molar refractivity (Wildman–Crippen MR) is 46.7 cm³/mol. The van der Waals surface area contributed by atoms with Crippen LogP contribution in [0.4, 0.5) is 10.1 Å². The van der Waals surface area contributed by atoms with Gasteiger partial charge in [-0.05, 0) is 18.1 Å². The maximum absolute atomic E-state index is 12.9. The van der Waals surface area contributed by atoms with Crippen molar-refractivity contribution in [3.8, 4) is 5.75 Å². The molecule has 12 heavy (non-hydrogen) atoms. The molecule has 0 aliphatic rings. The summed E-state index contributed by atoms with van der Waals surface area (Å²) in [5.74, 6) is 0.133. The molecule has 0 bridgehead atoms. The zero-order chi connectivity index (χ0) is 9.14. The molecule has 1 aromatic rings. The van der Waals surface area contributed by atoms with Gasteiger partial charge in [-0.25, -0.2) is 4.39 Å². The molecule has 0 aromatic heterocycles. The standard InChI is InChI=1S/C9H12FNO/c1-3-6-4-8(11)7(10)5-9(6)12-2/h4-5H,3,11H2,1-2H3. The number of nitrogen functional groups attached to an aromatic ring is 1. The monoisotopic (exact) mass is 169 g/mol. The molecule has 2 nitrogen and oxygen atoms in total. The van der Waals surface area contributed by atoms with Crippen molar-refractivity contribution in [1.82, 2.24) is 0 Å². The summed E-state index contributed by atoms with van der Waals surface area (Å²) >= 11 is 0. The van der Waals surface area contributed by atoms with Crippen molar-refractivity contribution >= 4 is 5.69 Å². The van der Waals surface area contributed by atoms with Gasteiger partial charge in [0.1, 0.15) is 11.6 Å². The first-order chi connectivity index (χ1) is 5.69. The smallest absolute Gasteiger partial charge is 0.149 e. The Bertz CT molecular complexity index is 257. The molecule has 1 aromatic carbocycles. The zero-order valence-electron chi connectivity index (χ0n) is 7.23. The first kappa shape index (κ1) is 8.84. The van der Waals surface area contributed by atoms with E-state index in [2.05, 4.69) is 0 Å². The van der Waals surface area contributed by atoms with Crippen LogP contribution in [0.5, 0.6) is 5.75 Å². The maximum atomic E-state index is 12.9. The minimum Gasteiger partial charge on any atom is -0.496 e.